The van der Waals surface area contributed by atoms with Gasteiger partial charge >= 0.3 is 11.9 Å². The highest BCUT2D eigenvalue weighted by Gasteiger charge is 2.14. The number of hydrogen-bond acceptors (Lipinski definition) is 5. The third kappa shape index (κ3) is 6.97. The van der Waals surface area contributed by atoms with Crippen LogP contribution in [0.25, 0.3) is 22.3 Å². The van der Waals surface area contributed by atoms with Crippen molar-refractivity contribution in [3.63, 3.8) is 0 Å². The second-order valence-electron chi connectivity index (χ2n) is 10.1. The van der Waals surface area contributed by atoms with Crippen molar-refractivity contribution in [3.8, 4) is 33.8 Å². The van der Waals surface area contributed by atoms with Gasteiger partial charge < -0.3 is 14.4 Å². The SMILES string of the molecule is C=CC(=O)Oc1ccc(-c2ccc(N(c3ccc(-c4ccc(OC(=O)C(=C)C)cc4)cc3)c3cccc(C)c3)cc2)cc1. The van der Waals surface area contributed by atoms with E-state index in [4.69, 9.17) is 9.47 Å². The van der Waals surface area contributed by atoms with Gasteiger partial charge in [0.15, 0.2) is 0 Å². The molecule has 0 unspecified atom stereocenters. The fourth-order valence-corrected chi connectivity index (χ4v) is 4.60. The average Bonchev–Trinajstić information content (AvgIpc) is 3.02. The third-order valence-corrected chi connectivity index (χ3v) is 6.83. The van der Waals surface area contributed by atoms with Crippen molar-refractivity contribution in [1.29, 1.82) is 0 Å². The highest BCUT2D eigenvalue weighted by molar-refractivity contribution is 5.89. The highest BCUT2D eigenvalue weighted by Crippen LogP contribution is 2.37. The number of aryl methyl sites for hydroxylation is 1. The summed E-state index contributed by atoms with van der Waals surface area (Å²) in [4.78, 5) is 25.5. The number of rotatable bonds is 9. The fraction of sp³-hybridized carbons (Fsp3) is 0.0526. The maximum atomic E-state index is 11.8. The molecule has 0 heterocycles. The van der Waals surface area contributed by atoms with Gasteiger partial charge in [-0.3, -0.25) is 0 Å². The number of ether oxygens (including phenoxy) is 2. The second-order valence-corrected chi connectivity index (χ2v) is 10.1. The molecule has 212 valence electrons. The molecule has 0 saturated carbocycles. The molecule has 0 fully saturated rings. The molecule has 0 spiro atoms. The minimum absolute atomic E-state index is 0.356. The molecule has 43 heavy (non-hydrogen) atoms. The van der Waals surface area contributed by atoms with Gasteiger partial charge in [0.25, 0.3) is 0 Å². The Labute approximate surface area is 252 Å². The van der Waals surface area contributed by atoms with E-state index in [1.807, 2.05) is 24.3 Å². The van der Waals surface area contributed by atoms with Gasteiger partial charge in [-0.05, 0) is 102 Å². The van der Waals surface area contributed by atoms with Crippen LogP contribution in [0, 0.1) is 6.92 Å². The summed E-state index contributed by atoms with van der Waals surface area (Å²) in [5, 5.41) is 0. The maximum Gasteiger partial charge on any atom is 0.338 e. The molecule has 5 aromatic carbocycles. The molecule has 0 N–H and O–H groups in total. The molecule has 0 saturated heterocycles. The molecule has 5 heteroatoms. The average molecular weight is 566 g/mol. The first-order valence-corrected chi connectivity index (χ1v) is 13.8. The topological polar surface area (TPSA) is 55.8 Å². The summed E-state index contributed by atoms with van der Waals surface area (Å²) < 4.78 is 10.5. The molecule has 5 aromatic rings. The van der Waals surface area contributed by atoms with Crippen LogP contribution in [-0.4, -0.2) is 11.9 Å². The first-order valence-electron chi connectivity index (χ1n) is 13.8. The van der Waals surface area contributed by atoms with E-state index in [0.717, 1.165) is 45.4 Å². The number of carbonyl (C=O) groups is 2. The normalized spacial score (nSPS) is 10.5. The van der Waals surface area contributed by atoms with Gasteiger partial charge in [0.2, 0.25) is 0 Å². The van der Waals surface area contributed by atoms with E-state index >= 15 is 0 Å². The number of benzene rings is 5. The standard InChI is InChI=1S/C38H31NO4/c1-5-37(40)42-35-21-13-30(14-22-35)28-9-17-32(18-10-28)39(34-8-6-7-27(4)25-34)33-19-11-29(12-20-33)31-15-23-36(24-16-31)43-38(41)26(2)3/h5-25H,1-2H2,3-4H3. The van der Waals surface area contributed by atoms with Gasteiger partial charge in [-0.1, -0.05) is 73.8 Å². The summed E-state index contributed by atoms with van der Waals surface area (Å²) in [6, 6.07) is 40.0. The highest BCUT2D eigenvalue weighted by atomic mass is 16.5. The molecule has 0 atom stereocenters. The Morgan fingerprint density at radius 3 is 1.49 bits per heavy atom. The third-order valence-electron chi connectivity index (χ3n) is 6.83. The van der Waals surface area contributed by atoms with Crippen molar-refractivity contribution < 1.29 is 19.1 Å². The van der Waals surface area contributed by atoms with E-state index in [0.29, 0.717) is 17.1 Å². The number of esters is 2. The van der Waals surface area contributed by atoms with E-state index in [9.17, 15) is 9.59 Å². The van der Waals surface area contributed by atoms with E-state index in [-0.39, 0.29) is 0 Å². The Morgan fingerprint density at radius 2 is 1.07 bits per heavy atom. The molecule has 0 aliphatic heterocycles. The summed E-state index contributed by atoms with van der Waals surface area (Å²) in [6.45, 7) is 10.8. The summed E-state index contributed by atoms with van der Waals surface area (Å²) >= 11 is 0. The van der Waals surface area contributed by atoms with Gasteiger partial charge in [0, 0.05) is 28.7 Å². The van der Waals surface area contributed by atoms with Crippen LogP contribution < -0.4 is 14.4 Å². The first kappa shape index (κ1) is 28.8. The van der Waals surface area contributed by atoms with Crippen LogP contribution in [0.1, 0.15) is 12.5 Å². The largest absolute Gasteiger partial charge is 0.423 e. The van der Waals surface area contributed by atoms with Crippen molar-refractivity contribution in [2.75, 3.05) is 4.90 Å². The lowest BCUT2D eigenvalue weighted by Crippen LogP contribution is -2.10. The zero-order chi connectivity index (χ0) is 30.3. The van der Waals surface area contributed by atoms with Gasteiger partial charge in [-0.2, -0.15) is 0 Å². The van der Waals surface area contributed by atoms with E-state index < -0.39 is 11.9 Å². The Morgan fingerprint density at radius 1 is 0.628 bits per heavy atom. The fourth-order valence-electron chi connectivity index (χ4n) is 4.60. The van der Waals surface area contributed by atoms with E-state index in [1.165, 1.54) is 5.56 Å². The Bertz CT molecular complexity index is 1770. The number of hydrogen-bond donors (Lipinski definition) is 0. The molecule has 0 aromatic heterocycles. The molecule has 0 radical (unpaired) electrons. The predicted molar refractivity (Wildman–Crippen MR) is 173 cm³/mol. The van der Waals surface area contributed by atoms with Crippen LogP contribution in [0.3, 0.4) is 0 Å². The van der Waals surface area contributed by atoms with Gasteiger partial charge in [-0.15, -0.1) is 0 Å². The number of nitrogens with zero attached hydrogens (tertiary/aromatic N) is 1. The van der Waals surface area contributed by atoms with E-state index in [1.54, 1.807) is 31.2 Å². The molecule has 5 rings (SSSR count). The quantitative estimate of drug-likeness (QED) is 0.101. The molecule has 0 amide bonds. The molecular weight excluding hydrogens is 534 g/mol. The lowest BCUT2D eigenvalue weighted by atomic mass is 10.0. The lowest BCUT2D eigenvalue weighted by Gasteiger charge is -2.26. The monoisotopic (exact) mass is 565 g/mol. The van der Waals surface area contributed by atoms with Crippen molar-refractivity contribution in [2.24, 2.45) is 0 Å². The van der Waals surface area contributed by atoms with Crippen molar-refractivity contribution >= 4 is 29.0 Å². The van der Waals surface area contributed by atoms with Crippen LogP contribution in [0.5, 0.6) is 11.5 Å². The lowest BCUT2D eigenvalue weighted by molar-refractivity contribution is -0.130. The maximum absolute atomic E-state index is 11.8. The van der Waals surface area contributed by atoms with Gasteiger partial charge in [0.1, 0.15) is 11.5 Å². The molecule has 0 aliphatic carbocycles. The molecule has 0 bridgehead atoms. The first-order chi connectivity index (χ1) is 20.8. The molecule has 0 aliphatic rings. The van der Waals surface area contributed by atoms with E-state index in [2.05, 4.69) is 97.8 Å². The van der Waals surface area contributed by atoms with Gasteiger partial charge in [-0.25, -0.2) is 9.59 Å². The van der Waals surface area contributed by atoms with Crippen molar-refractivity contribution in [2.45, 2.75) is 13.8 Å². The van der Waals surface area contributed by atoms with Crippen LogP contribution in [0.4, 0.5) is 17.1 Å². The molecule has 5 nitrogen and oxygen atoms in total. The Balaban J connectivity index is 1.41. The zero-order valence-electron chi connectivity index (χ0n) is 24.1. The minimum atomic E-state index is -0.485. The van der Waals surface area contributed by atoms with Crippen molar-refractivity contribution in [3.05, 3.63) is 152 Å². The summed E-state index contributed by atoms with van der Waals surface area (Å²) in [5.41, 5.74) is 8.72. The predicted octanol–water partition coefficient (Wildman–Crippen LogP) is 9.37. The second kappa shape index (κ2) is 12.9. The van der Waals surface area contributed by atoms with Crippen LogP contribution in [0.15, 0.2) is 146 Å². The van der Waals surface area contributed by atoms with Gasteiger partial charge in [0.05, 0.1) is 0 Å². The smallest absolute Gasteiger partial charge is 0.338 e. The summed E-state index contributed by atoms with van der Waals surface area (Å²) in [6.07, 6.45) is 1.14. The van der Waals surface area contributed by atoms with Crippen LogP contribution >= 0.6 is 0 Å². The summed E-state index contributed by atoms with van der Waals surface area (Å²) in [5.74, 6) is 0.0303. The Kier molecular flexibility index (Phi) is 8.63. The number of carbonyl (C=O) groups excluding carboxylic acids is 2. The number of anilines is 3. The summed E-state index contributed by atoms with van der Waals surface area (Å²) in [7, 11) is 0. The zero-order valence-corrected chi connectivity index (χ0v) is 24.1. The Hall–Kier alpha value is -5.68. The van der Waals surface area contributed by atoms with Crippen LogP contribution in [0.2, 0.25) is 0 Å². The minimum Gasteiger partial charge on any atom is -0.423 e. The van der Waals surface area contributed by atoms with Crippen molar-refractivity contribution in [1.82, 2.24) is 0 Å². The molecular formula is C38H31NO4. The van der Waals surface area contributed by atoms with Crippen LogP contribution in [-0.2, 0) is 9.59 Å².